The molecular formula is C25H39BrO3. The lowest BCUT2D eigenvalue weighted by molar-refractivity contribution is -0.151. The second kappa shape index (κ2) is 9.49. The second-order valence-electron chi connectivity index (χ2n) is 10.6. The molecule has 0 aromatic carbocycles. The average molecular weight is 467 g/mol. The van der Waals surface area contributed by atoms with Crippen LogP contribution in [-0.4, -0.2) is 18.4 Å². The number of rotatable bonds is 6. The van der Waals surface area contributed by atoms with Gasteiger partial charge in [-0.25, -0.2) is 0 Å². The third-order valence-electron chi connectivity index (χ3n) is 7.46. The monoisotopic (exact) mass is 466 g/mol. The van der Waals surface area contributed by atoms with Crippen LogP contribution in [0.25, 0.3) is 0 Å². The largest absolute Gasteiger partial charge is 0.461 e. The number of carbonyl (C=O) groups is 2. The zero-order valence-corrected chi connectivity index (χ0v) is 20.9. The summed E-state index contributed by atoms with van der Waals surface area (Å²) in [7, 11) is 0. The fourth-order valence-corrected chi connectivity index (χ4v) is 6.02. The number of halogens is 1. The summed E-state index contributed by atoms with van der Waals surface area (Å²) < 4.78 is 5.40. The van der Waals surface area contributed by atoms with Crippen LogP contribution in [0.1, 0.15) is 87.0 Å². The normalized spacial score (nSPS) is 30.6. The standard InChI is InChI=1S/C25H39BrO3/c1-16(20-10-11-21-19(14-26)9-8-12-25(20,21)7)13-22(27)18(3)17(2)15-29-23(28)24(4,5)6/h14,16,20-21H,8-13,15H2,1-7H3/t16-,20-,21+,25-/m1/s1. The van der Waals surface area contributed by atoms with Crippen molar-refractivity contribution in [1.29, 1.82) is 0 Å². The first-order valence-corrected chi connectivity index (χ1v) is 12.0. The average Bonchev–Trinajstić information content (AvgIpc) is 3.01. The number of Topliss-reactive ketones (excluding diaryl/α,β-unsaturated/α-hetero) is 1. The van der Waals surface area contributed by atoms with Gasteiger partial charge in [-0.1, -0.05) is 35.4 Å². The molecule has 4 heteroatoms. The number of hydrogen-bond donors (Lipinski definition) is 0. The molecule has 0 radical (unpaired) electrons. The molecule has 0 unspecified atom stereocenters. The van der Waals surface area contributed by atoms with E-state index in [1.54, 1.807) is 5.57 Å². The topological polar surface area (TPSA) is 43.4 Å². The summed E-state index contributed by atoms with van der Waals surface area (Å²) in [5, 5.41) is 0. The molecule has 0 spiro atoms. The molecule has 2 aliphatic carbocycles. The smallest absolute Gasteiger partial charge is 0.311 e. The summed E-state index contributed by atoms with van der Waals surface area (Å²) in [6, 6.07) is 0. The van der Waals surface area contributed by atoms with Crippen molar-refractivity contribution in [3.63, 3.8) is 0 Å². The molecule has 2 fully saturated rings. The number of esters is 1. The Bertz CT molecular complexity index is 697. The predicted molar refractivity (Wildman–Crippen MR) is 123 cm³/mol. The van der Waals surface area contributed by atoms with Crippen molar-refractivity contribution in [2.45, 2.75) is 87.0 Å². The van der Waals surface area contributed by atoms with Crippen molar-refractivity contribution in [2.24, 2.45) is 28.6 Å². The second-order valence-corrected chi connectivity index (χ2v) is 11.1. The maximum Gasteiger partial charge on any atom is 0.311 e. The van der Waals surface area contributed by atoms with E-state index in [4.69, 9.17) is 4.74 Å². The van der Waals surface area contributed by atoms with Gasteiger partial charge in [0.15, 0.2) is 5.78 Å². The van der Waals surface area contributed by atoms with Crippen molar-refractivity contribution in [2.75, 3.05) is 6.61 Å². The molecule has 0 bridgehead atoms. The van der Waals surface area contributed by atoms with Crippen LogP contribution in [0.4, 0.5) is 0 Å². The van der Waals surface area contributed by atoms with Crippen molar-refractivity contribution in [1.82, 2.24) is 0 Å². The Kier molecular flexibility index (Phi) is 7.98. The number of ether oxygens (including phenoxy) is 1. The molecule has 0 saturated heterocycles. The van der Waals surface area contributed by atoms with Crippen LogP contribution >= 0.6 is 15.9 Å². The van der Waals surface area contributed by atoms with Gasteiger partial charge in [-0.15, -0.1) is 0 Å². The van der Waals surface area contributed by atoms with E-state index in [1.165, 1.54) is 32.1 Å². The summed E-state index contributed by atoms with van der Waals surface area (Å²) in [5.41, 5.74) is 2.96. The minimum atomic E-state index is -0.524. The van der Waals surface area contributed by atoms with Gasteiger partial charge in [0.25, 0.3) is 0 Å². The van der Waals surface area contributed by atoms with E-state index in [2.05, 4.69) is 34.8 Å². The van der Waals surface area contributed by atoms with Crippen LogP contribution in [0.2, 0.25) is 0 Å². The highest BCUT2D eigenvalue weighted by molar-refractivity contribution is 9.11. The van der Waals surface area contributed by atoms with Gasteiger partial charge in [-0.05, 0) is 106 Å². The molecule has 2 saturated carbocycles. The first-order chi connectivity index (χ1) is 13.4. The molecule has 0 aliphatic heterocycles. The maximum absolute atomic E-state index is 13.0. The van der Waals surface area contributed by atoms with E-state index in [1.807, 2.05) is 34.6 Å². The Morgan fingerprint density at radius 1 is 1.28 bits per heavy atom. The van der Waals surface area contributed by atoms with Crippen molar-refractivity contribution < 1.29 is 14.3 Å². The fourth-order valence-electron chi connectivity index (χ4n) is 5.47. The summed E-state index contributed by atoms with van der Waals surface area (Å²) >= 11 is 3.58. The molecule has 0 aromatic rings. The Labute approximate surface area is 185 Å². The summed E-state index contributed by atoms with van der Waals surface area (Å²) in [6.07, 6.45) is 6.76. The number of carbonyl (C=O) groups excluding carboxylic acids is 2. The predicted octanol–water partition coefficient (Wildman–Crippen LogP) is 7.00. The van der Waals surface area contributed by atoms with Crippen molar-refractivity contribution in [3.05, 3.63) is 21.7 Å². The van der Waals surface area contributed by atoms with E-state index in [9.17, 15) is 9.59 Å². The van der Waals surface area contributed by atoms with Gasteiger partial charge < -0.3 is 4.74 Å². The summed E-state index contributed by atoms with van der Waals surface area (Å²) in [6.45, 7) is 14.2. The number of hydrogen-bond acceptors (Lipinski definition) is 3. The molecule has 3 nitrogen and oxygen atoms in total. The van der Waals surface area contributed by atoms with Crippen LogP contribution < -0.4 is 0 Å². The van der Waals surface area contributed by atoms with E-state index in [0.717, 1.165) is 11.1 Å². The molecule has 0 heterocycles. The Hall–Kier alpha value is -0.900. The van der Waals surface area contributed by atoms with Crippen molar-refractivity contribution >= 4 is 27.7 Å². The Morgan fingerprint density at radius 3 is 2.52 bits per heavy atom. The van der Waals surface area contributed by atoms with E-state index in [-0.39, 0.29) is 18.4 Å². The van der Waals surface area contributed by atoms with E-state index in [0.29, 0.717) is 29.6 Å². The zero-order valence-electron chi connectivity index (χ0n) is 19.4. The van der Waals surface area contributed by atoms with Gasteiger partial charge in [0.2, 0.25) is 0 Å². The molecule has 164 valence electrons. The minimum Gasteiger partial charge on any atom is -0.461 e. The molecule has 2 aliphatic rings. The highest BCUT2D eigenvalue weighted by atomic mass is 79.9. The summed E-state index contributed by atoms with van der Waals surface area (Å²) in [4.78, 5) is 27.1. The molecule has 0 amide bonds. The van der Waals surface area contributed by atoms with Crippen molar-refractivity contribution in [3.8, 4) is 0 Å². The van der Waals surface area contributed by atoms with Gasteiger partial charge >= 0.3 is 5.97 Å². The Balaban J connectivity index is 2.02. The third kappa shape index (κ3) is 5.42. The molecule has 4 atom stereocenters. The SMILES string of the molecule is CC(COC(=O)C(C)(C)C)=C(C)C(=O)C[C@@H](C)[C@H]1CC[C@H]2C(=CBr)CCC[C@]12C. The van der Waals surface area contributed by atoms with Gasteiger partial charge in [-0.3, -0.25) is 9.59 Å². The highest BCUT2D eigenvalue weighted by Gasteiger charge is 2.50. The molecule has 29 heavy (non-hydrogen) atoms. The van der Waals surface area contributed by atoms with Crippen LogP contribution in [0, 0.1) is 28.6 Å². The number of ketones is 1. The van der Waals surface area contributed by atoms with Crippen LogP contribution in [-0.2, 0) is 14.3 Å². The first kappa shape index (κ1) is 24.4. The highest BCUT2D eigenvalue weighted by Crippen LogP contribution is 2.59. The lowest BCUT2D eigenvalue weighted by Gasteiger charge is -2.44. The van der Waals surface area contributed by atoms with E-state index < -0.39 is 5.41 Å². The molecule has 2 rings (SSSR count). The van der Waals surface area contributed by atoms with Gasteiger partial charge in [0.1, 0.15) is 6.61 Å². The van der Waals surface area contributed by atoms with Gasteiger partial charge in [0, 0.05) is 6.42 Å². The van der Waals surface area contributed by atoms with Crippen LogP contribution in [0.5, 0.6) is 0 Å². The third-order valence-corrected chi connectivity index (χ3v) is 8.05. The first-order valence-electron chi connectivity index (χ1n) is 11.1. The maximum atomic E-state index is 13.0. The lowest BCUT2D eigenvalue weighted by atomic mass is 9.61. The van der Waals surface area contributed by atoms with Gasteiger partial charge in [0.05, 0.1) is 5.41 Å². The number of allylic oxidation sites excluding steroid dienone is 2. The van der Waals surface area contributed by atoms with Crippen LogP contribution in [0.15, 0.2) is 21.7 Å². The molecule has 0 N–H and O–H groups in total. The summed E-state index contributed by atoms with van der Waals surface area (Å²) in [5.74, 6) is 1.58. The number of fused-ring (bicyclic) bond motifs is 1. The minimum absolute atomic E-state index is 0.195. The quantitative estimate of drug-likeness (QED) is 0.312. The molecule has 0 aromatic heterocycles. The fraction of sp³-hybridized carbons (Fsp3) is 0.760. The van der Waals surface area contributed by atoms with E-state index >= 15 is 0 Å². The zero-order chi connectivity index (χ0) is 22.0. The van der Waals surface area contributed by atoms with Gasteiger partial charge in [-0.2, -0.15) is 0 Å². The Morgan fingerprint density at radius 2 is 1.93 bits per heavy atom. The lowest BCUT2D eigenvalue weighted by Crippen LogP contribution is -2.36. The molecular weight excluding hydrogens is 428 g/mol. The van der Waals surface area contributed by atoms with Crippen LogP contribution in [0.3, 0.4) is 0 Å².